The average molecular weight is 749 g/mol. The SMILES string of the molecule is CCCC/C=C/CCCCCCCCCCCC(=O)OC[C@H](COP(=O)(O)OC[C@@H](O)CO)OC(=O)CCCCCCCCCCCCCCC. The Morgan fingerprint density at radius 1 is 0.569 bits per heavy atom. The molecule has 1 unspecified atom stereocenters. The highest BCUT2D eigenvalue weighted by Gasteiger charge is 2.27. The smallest absolute Gasteiger partial charge is 0.462 e. The molecule has 11 heteroatoms. The second-order valence-electron chi connectivity index (χ2n) is 14.0. The summed E-state index contributed by atoms with van der Waals surface area (Å²) in [5.41, 5.74) is 0. The Bertz CT molecular complexity index is 868. The molecule has 10 nitrogen and oxygen atoms in total. The minimum absolute atomic E-state index is 0.189. The summed E-state index contributed by atoms with van der Waals surface area (Å²) in [6.07, 6.45) is 33.1. The van der Waals surface area contributed by atoms with Gasteiger partial charge in [-0.25, -0.2) is 4.57 Å². The van der Waals surface area contributed by atoms with E-state index < -0.39 is 51.8 Å². The first kappa shape index (κ1) is 49.7. The van der Waals surface area contributed by atoms with Gasteiger partial charge in [-0.15, -0.1) is 0 Å². The summed E-state index contributed by atoms with van der Waals surface area (Å²) in [4.78, 5) is 34.9. The van der Waals surface area contributed by atoms with Crippen molar-refractivity contribution in [3.63, 3.8) is 0 Å². The van der Waals surface area contributed by atoms with Crippen molar-refractivity contribution in [2.45, 2.75) is 206 Å². The molecule has 0 radical (unpaired) electrons. The highest BCUT2D eigenvalue weighted by molar-refractivity contribution is 7.47. The van der Waals surface area contributed by atoms with Gasteiger partial charge in [-0.1, -0.05) is 161 Å². The second-order valence-corrected chi connectivity index (χ2v) is 15.5. The number of esters is 2. The summed E-state index contributed by atoms with van der Waals surface area (Å²) in [5, 5.41) is 18.3. The fraction of sp³-hybridized carbons (Fsp3) is 0.900. The van der Waals surface area contributed by atoms with Crippen LogP contribution in [0.1, 0.15) is 194 Å². The van der Waals surface area contributed by atoms with Gasteiger partial charge >= 0.3 is 19.8 Å². The average Bonchev–Trinajstić information content (AvgIpc) is 3.12. The van der Waals surface area contributed by atoms with Gasteiger partial charge in [0.2, 0.25) is 0 Å². The third-order valence-corrected chi connectivity index (χ3v) is 9.87. The maximum absolute atomic E-state index is 12.6. The maximum Gasteiger partial charge on any atom is 0.472 e. The van der Waals surface area contributed by atoms with Gasteiger partial charge in [0, 0.05) is 12.8 Å². The summed E-state index contributed by atoms with van der Waals surface area (Å²) in [6, 6.07) is 0. The van der Waals surface area contributed by atoms with Crippen molar-refractivity contribution in [1.82, 2.24) is 0 Å². The van der Waals surface area contributed by atoms with E-state index in [0.717, 1.165) is 38.5 Å². The number of phosphoric ester groups is 1. The van der Waals surface area contributed by atoms with E-state index in [4.69, 9.17) is 19.1 Å². The normalized spacial score (nSPS) is 14.1. The van der Waals surface area contributed by atoms with Crippen molar-refractivity contribution in [2.24, 2.45) is 0 Å². The van der Waals surface area contributed by atoms with Gasteiger partial charge in [0.25, 0.3) is 0 Å². The molecular formula is C40H77O10P. The van der Waals surface area contributed by atoms with Crippen LogP contribution in [0.5, 0.6) is 0 Å². The van der Waals surface area contributed by atoms with E-state index in [1.54, 1.807) is 0 Å². The number of carbonyl (C=O) groups is 2. The molecule has 0 aliphatic heterocycles. The van der Waals surface area contributed by atoms with Crippen LogP contribution in [0, 0.1) is 0 Å². The van der Waals surface area contributed by atoms with Gasteiger partial charge in [0.15, 0.2) is 6.10 Å². The van der Waals surface area contributed by atoms with Gasteiger partial charge < -0.3 is 24.6 Å². The quantitative estimate of drug-likeness (QED) is 0.0240. The number of carbonyl (C=O) groups excluding carboxylic acids is 2. The Morgan fingerprint density at radius 2 is 0.980 bits per heavy atom. The highest BCUT2D eigenvalue weighted by Crippen LogP contribution is 2.43. The lowest BCUT2D eigenvalue weighted by molar-refractivity contribution is -0.161. The van der Waals surface area contributed by atoms with E-state index in [0.29, 0.717) is 12.8 Å². The summed E-state index contributed by atoms with van der Waals surface area (Å²) >= 11 is 0. The lowest BCUT2D eigenvalue weighted by atomic mass is 10.0. The molecule has 0 aliphatic carbocycles. The largest absolute Gasteiger partial charge is 0.472 e. The molecule has 0 aromatic heterocycles. The molecule has 3 atom stereocenters. The highest BCUT2D eigenvalue weighted by atomic mass is 31.2. The van der Waals surface area contributed by atoms with E-state index in [1.165, 1.54) is 116 Å². The first-order valence-electron chi connectivity index (χ1n) is 20.6. The van der Waals surface area contributed by atoms with E-state index in [2.05, 4.69) is 30.5 Å². The predicted octanol–water partition coefficient (Wildman–Crippen LogP) is 10.4. The minimum Gasteiger partial charge on any atom is -0.462 e. The Hall–Kier alpha value is -1.29. The monoisotopic (exact) mass is 749 g/mol. The minimum atomic E-state index is -4.61. The molecule has 0 bridgehead atoms. The molecule has 0 aromatic carbocycles. The zero-order valence-corrected chi connectivity index (χ0v) is 33.5. The molecule has 0 spiro atoms. The summed E-state index contributed by atoms with van der Waals surface area (Å²) in [5.74, 6) is -0.919. The molecule has 0 saturated heterocycles. The molecule has 0 heterocycles. The number of ether oxygens (including phenoxy) is 2. The third-order valence-electron chi connectivity index (χ3n) is 8.92. The first-order chi connectivity index (χ1) is 24.7. The maximum atomic E-state index is 12.6. The van der Waals surface area contributed by atoms with E-state index in [9.17, 15) is 24.2 Å². The number of rotatable bonds is 39. The number of hydrogen-bond acceptors (Lipinski definition) is 9. The van der Waals surface area contributed by atoms with Crippen molar-refractivity contribution >= 4 is 19.8 Å². The number of allylic oxidation sites excluding steroid dienone is 2. The molecule has 51 heavy (non-hydrogen) atoms. The van der Waals surface area contributed by atoms with Gasteiger partial charge in [-0.05, 0) is 32.1 Å². The van der Waals surface area contributed by atoms with Crippen LogP contribution in [0.3, 0.4) is 0 Å². The van der Waals surface area contributed by atoms with Crippen LogP contribution >= 0.6 is 7.82 Å². The molecule has 302 valence electrons. The molecule has 0 rings (SSSR count). The van der Waals surface area contributed by atoms with Gasteiger partial charge in [0.1, 0.15) is 12.7 Å². The van der Waals surface area contributed by atoms with Crippen molar-refractivity contribution in [3.8, 4) is 0 Å². The lowest BCUT2D eigenvalue weighted by Crippen LogP contribution is -2.29. The molecular weight excluding hydrogens is 671 g/mol. The molecule has 0 fully saturated rings. The van der Waals surface area contributed by atoms with Crippen molar-refractivity contribution < 1.29 is 47.8 Å². The van der Waals surface area contributed by atoms with Crippen LogP contribution in [0.15, 0.2) is 12.2 Å². The number of aliphatic hydroxyl groups excluding tert-OH is 2. The Morgan fingerprint density at radius 3 is 1.47 bits per heavy atom. The summed E-state index contributed by atoms with van der Waals surface area (Å²) < 4.78 is 32.6. The fourth-order valence-electron chi connectivity index (χ4n) is 5.68. The van der Waals surface area contributed by atoms with Crippen LogP contribution in [-0.2, 0) is 32.7 Å². The number of aliphatic hydroxyl groups is 2. The van der Waals surface area contributed by atoms with Gasteiger partial charge in [-0.3, -0.25) is 18.6 Å². The van der Waals surface area contributed by atoms with Crippen molar-refractivity contribution in [2.75, 3.05) is 26.4 Å². The zero-order chi connectivity index (χ0) is 37.7. The number of hydrogen-bond donors (Lipinski definition) is 3. The third kappa shape index (κ3) is 36.8. The van der Waals surface area contributed by atoms with Crippen LogP contribution in [0.25, 0.3) is 0 Å². The molecule has 0 saturated carbocycles. The molecule has 3 N–H and O–H groups in total. The van der Waals surface area contributed by atoms with Crippen LogP contribution < -0.4 is 0 Å². The number of phosphoric acid groups is 1. The standard InChI is InChI=1S/C40H77O10P/c1-3-5-7-9-11-13-15-17-18-20-21-23-25-27-29-31-39(43)47-35-38(36-49-51(45,46)48-34-37(42)33-41)50-40(44)32-30-28-26-24-22-19-16-14-12-10-8-6-4-2/h9,11,37-38,41-42H,3-8,10,12-36H2,1-2H3,(H,45,46)/b11-9+/t37-,38+/m0/s1. The predicted molar refractivity (Wildman–Crippen MR) is 205 cm³/mol. The lowest BCUT2D eigenvalue weighted by Gasteiger charge is -2.20. The number of unbranched alkanes of at least 4 members (excludes halogenated alkanes) is 23. The van der Waals surface area contributed by atoms with E-state index >= 15 is 0 Å². The van der Waals surface area contributed by atoms with Crippen LogP contribution in [-0.4, -0.2) is 65.7 Å². The zero-order valence-electron chi connectivity index (χ0n) is 32.6. The topological polar surface area (TPSA) is 149 Å². The van der Waals surface area contributed by atoms with Gasteiger partial charge in [-0.2, -0.15) is 0 Å². The van der Waals surface area contributed by atoms with Crippen LogP contribution in [0.2, 0.25) is 0 Å². The van der Waals surface area contributed by atoms with Gasteiger partial charge in [0.05, 0.1) is 19.8 Å². The molecule has 0 amide bonds. The molecule has 0 aromatic rings. The van der Waals surface area contributed by atoms with Crippen LogP contribution in [0.4, 0.5) is 0 Å². The Labute approximate surface area is 311 Å². The molecule has 0 aliphatic rings. The Balaban J connectivity index is 4.29. The second kappa shape index (κ2) is 37.0. The summed E-state index contributed by atoms with van der Waals surface area (Å²) in [6.45, 7) is 2.36. The van der Waals surface area contributed by atoms with Crippen molar-refractivity contribution in [3.05, 3.63) is 12.2 Å². The van der Waals surface area contributed by atoms with Crippen molar-refractivity contribution in [1.29, 1.82) is 0 Å². The fourth-order valence-corrected chi connectivity index (χ4v) is 6.47. The first-order valence-corrected chi connectivity index (χ1v) is 22.1. The van der Waals surface area contributed by atoms with E-state index in [1.807, 2.05) is 0 Å². The Kier molecular flexibility index (Phi) is 36.1. The van der Waals surface area contributed by atoms with E-state index in [-0.39, 0.29) is 19.4 Å². The summed E-state index contributed by atoms with van der Waals surface area (Å²) in [7, 11) is -4.61.